The molecule has 0 unspecified atom stereocenters. The van der Waals surface area contributed by atoms with Gasteiger partial charge in [0.05, 0.1) is 30.8 Å². The lowest BCUT2D eigenvalue weighted by Crippen LogP contribution is -2.36. The monoisotopic (exact) mass is 469 g/mol. The van der Waals surface area contributed by atoms with Crippen molar-refractivity contribution in [3.05, 3.63) is 74.0 Å². The fourth-order valence-corrected chi connectivity index (χ4v) is 4.11. The average Bonchev–Trinajstić information content (AvgIpc) is 3.16. The molecule has 4 rings (SSSR count). The smallest absolute Gasteiger partial charge is 0.330 e. The number of aryl methyl sites for hydroxylation is 1. The molecule has 2 aromatic heterocycles. The number of rotatable bonds is 4. The number of benzene rings is 2. The van der Waals surface area contributed by atoms with Gasteiger partial charge in [0.2, 0.25) is 0 Å². The molecule has 7 nitrogen and oxygen atoms in total. The number of hydrogen-bond donors (Lipinski definition) is 0. The molecule has 0 aliphatic heterocycles. The van der Waals surface area contributed by atoms with Gasteiger partial charge in [0.1, 0.15) is 0 Å². The van der Waals surface area contributed by atoms with Gasteiger partial charge in [-0.15, -0.1) is 0 Å². The molecule has 0 amide bonds. The van der Waals surface area contributed by atoms with Gasteiger partial charge in [-0.2, -0.15) is 0 Å². The average molecular weight is 470 g/mol. The summed E-state index contributed by atoms with van der Waals surface area (Å²) >= 11 is 3.60. The minimum atomic E-state index is -0.379. The van der Waals surface area contributed by atoms with Gasteiger partial charge >= 0.3 is 5.69 Å². The van der Waals surface area contributed by atoms with Crippen LogP contribution in [-0.2, 0) is 14.1 Å². The van der Waals surface area contributed by atoms with Crippen LogP contribution in [0.2, 0.25) is 0 Å². The van der Waals surface area contributed by atoms with Crippen LogP contribution < -0.4 is 20.7 Å². The van der Waals surface area contributed by atoms with Gasteiger partial charge in [0.15, 0.2) is 11.5 Å². The molecule has 0 atom stereocenters. The van der Waals surface area contributed by atoms with Crippen LogP contribution >= 0.6 is 15.9 Å². The molecule has 4 aromatic rings. The molecule has 0 N–H and O–H groups in total. The van der Waals surface area contributed by atoms with E-state index in [0.717, 1.165) is 20.3 Å². The molecular formula is C22H20BrN3O4. The number of halogens is 1. The predicted molar refractivity (Wildman–Crippen MR) is 120 cm³/mol. The molecule has 0 aliphatic rings. The molecule has 2 aromatic carbocycles. The van der Waals surface area contributed by atoms with Crippen molar-refractivity contribution in [2.45, 2.75) is 0 Å². The lowest BCUT2D eigenvalue weighted by molar-refractivity contribution is 0.355. The Morgan fingerprint density at radius 2 is 1.60 bits per heavy atom. The summed E-state index contributed by atoms with van der Waals surface area (Å²) in [5.74, 6) is 1.16. The molecule has 0 bridgehead atoms. The Morgan fingerprint density at radius 1 is 0.900 bits per heavy atom. The van der Waals surface area contributed by atoms with Crippen molar-refractivity contribution in [1.29, 1.82) is 0 Å². The van der Waals surface area contributed by atoms with Crippen molar-refractivity contribution in [2.24, 2.45) is 14.1 Å². The Labute approximate surface area is 180 Å². The molecule has 2 heterocycles. The van der Waals surface area contributed by atoms with E-state index in [1.54, 1.807) is 33.5 Å². The van der Waals surface area contributed by atoms with Crippen molar-refractivity contribution < 1.29 is 9.47 Å². The fraction of sp³-hybridized carbons (Fsp3) is 0.182. The molecule has 0 spiro atoms. The first kappa shape index (κ1) is 20.0. The maximum Gasteiger partial charge on any atom is 0.330 e. The Kier molecular flexibility index (Phi) is 5.03. The Bertz CT molecular complexity index is 1400. The largest absolute Gasteiger partial charge is 0.493 e. The number of hydrogen-bond acceptors (Lipinski definition) is 4. The summed E-state index contributed by atoms with van der Waals surface area (Å²) in [4.78, 5) is 25.7. The predicted octanol–water partition coefficient (Wildman–Crippen LogP) is 3.47. The highest BCUT2D eigenvalue weighted by Gasteiger charge is 2.22. The van der Waals surface area contributed by atoms with Crippen LogP contribution in [0.15, 0.2) is 62.7 Å². The van der Waals surface area contributed by atoms with E-state index in [0.29, 0.717) is 28.1 Å². The van der Waals surface area contributed by atoms with Crippen molar-refractivity contribution in [1.82, 2.24) is 13.7 Å². The second kappa shape index (κ2) is 7.53. The van der Waals surface area contributed by atoms with E-state index in [-0.39, 0.29) is 11.2 Å². The Balaban J connectivity index is 2.18. The van der Waals surface area contributed by atoms with E-state index < -0.39 is 0 Å². The van der Waals surface area contributed by atoms with E-state index in [2.05, 4.69) is 15.9 Å². The second-order valence-electron chi connectivity index (χ2n) is 6.83. The summed E-state index contributed by atoms with van der Waals surface area (Å²) in [6.45, 7) is 0. The first-order chi connectivity index (χ1) is 14.4. The molecule has 154 valence electrons. The van der Waals surface area contributed by atoms with Crippen LogP contribution in [0, 0.1) is 0 Å². The Hall–Kier alpha value is -3.26. The molecule has 8 heteroatoms. The lowest BCUT2D eigenvalue weighted by atomic mass is 10.1. The third-order valence-corrected chi connectivity index (χ3v) is 5.90. The standard InChI is InChI=1S/C22H20BrN3O4/c1-24-16-12-26(13-9-10-17(29-3)18(11-13)30-4)20(14-7-5-6-8-15(14)23)19(16)21(27)25(2)22(24)28/h5-12H,1-4H3. The lowest BCUT2D eigenvalue weighted by Gasteiger charge is -2.14. The maximum atomic E-state index is 13.2. The zero-order chi connectivity index (χ0) is 21.6. The quantitative estimate of drug-likeness (QED) is 0.458. The summed E-state index contributed by atoms with van der Waals surface area (Å²) < 4.78 is 16.1. The van der Waals surface area contributed by atoms with Crippen molar-refractivity contribution in [3.8, 4) is 28.4 Å². The zero-order valence-corrected chi connectivity index (χ0v) is 18.6. The van der Waals surface area contributed by atoms with Gasteiger partial charge in [-0.05, 0) is 18.2 Å². The summed E-state index contributed by atoms with van der Waals surface area (Å²) in [7, 11) is 6.30. The summed E-state index contributed by atoms with van der Waals surface area (Å²) in [6, 6.07) is 13.2. The molecule has 0 saturated carbocycles. The van der Waals surface area contributed by atoms with Crippen LogP contribution in [-0.4, -0.2) is 27.9 Å². The number of ether oxygens (including phenoxy) is 2. The molecule has 0 aliphatic carbocycles. The summed E-state index contributed by atoms with van der Waals surface area (Å²) in [6.07, 6.45) is 1.80. The highest BCUT2D eigenvalue weighted by Crippen LogP contribution is 2.37. The third-order valence-electron chi connectivity index (χ3n) is 5.21. The fourth-order valence-electron chi connectivity index (χ4n) is 3.64. The summed E-state index contributed by atoms with van der Waals surface area (Å²) in [5, 5.41) is 0.460. The summed E-state index contributed by atoms with van der Waals surface area (Å²) in [5.41, 5.74) is 2.10. The van der Waals surface area contributed by atoms with Gasteiger partial charge < -0.3 is 14.0 Å². The highest BCUT2D eigenvalue weighted by atomic mass is 79.9. The minimum Gasteiger partial charge on any atom is -0.493 e. The Morgan fingerprint density at radius 3 is 2.27 bits per heavy atom. The molecule has 30 heavy (non-hydrogen) atoms. The SMILES string of the molecule is COc1ccc(-n2cc3c(c2-c2ccccc2Br)c(=O)n(C)c(=O)n3C)cc1OC. The van der Waals surface area contributed by atoms with Crippen LogP contribution in [0.4, 0.5) is 0 Å². The molecule has 0 fully saturated rings. The number of nitrogens with zero attached hydrogens (tertiary/aromatic N) is 3. The number of aromatic nitrogens is 3. The topological polar surface area (TPSA) is 67.4 Å². The van der Waals surface area contributed by atoms with Gasteiger partial charge in [0.25, 0.3) is 5.56 Å². The number of methoxy groups -OCH3 is 2. The van der Waals surface area contributed by atoms with Gasteiger partial charge in [-0.25, -0.2) is 4.79 Å². The van der Waals surface area contributed by atoms with E-state index >= 15 is 0 Å². The van der Waals surface area contributed by atoms with Gasteiger partial charge in [-0.1, -0.05) is 34.1 Å². The normalized spacial score (nSPS) is 11.1. The van der Waals surface area contributed by atoms with E-state index in [4.69, 9.17) is 9.47 Å². The van der Waals surface area contributed by atoms with Gasteiger partial charge in [-0.3, -0.25) is 13.9 Å². The first-order valence-corrected chi connectivity index (χ1v) is 9.96. The molecule has 0 saturated heterocycles. The van der Waals surface area contributed by atoms with E-state index in [9.17, 15) is 9.59 Å². The van der Waals surface area contributed by atoms with E-state index in [1.165, 1.54) is 11.6 Å². The van der Waals surface area contributed by atoms with Crippen LogP contribution in [0.25, 0.3) is 27.8 Å². The molecular weight excluding hydrogens is 450 g/mol. The highest BCUT2D eigenvalue weighted by molar-refractivity contribution is 9.10. The maximum absolute atomic E-state index is 13.2. The second-order valence-corrected chi connectivity index (χ2v) is 7.69. The third kappa shape index (κ3) is 2.95. The first-order valence-electron chi connectivity index (χ1n) is 9.17. The van der Waals surface area contributed by atoms with Crippen molar-refractivity contribution in [3.63, 3.8) is 0 Å². The van der Waals surface area contributed by atoms with Crippen LogP contribution in [0.5, 0.6) is 11.5 Å². The van der Waals surface area contributed by atoms with Crippen molar-refractivity contribution in [2.75, 3.05) is 14.2 Å². The zero-order valence-electron chi connectivity index (χ0n) is 17.0. The molecule has 0 radical (unpaired) electrons. The van der Waals surface area contributed by atoms with Crippen LogP contribution in [0.3, 0.4) is 0 Å². The van der Waals surface area contributed by atoms with Gasteiger partial charge in [0, 0.05) is 42.1 Å². The minimum absolute atomic E-state index is 0.349. The van der Waals surface area contributed by atoms with Crippen LogP contribution in [0.1, 0.15) is 0 Å². The number of fused-ring (bicyclic) bond motifs is 1. The van der Waals surface area contributed by atoms with E-state index in [1.807, 2.05) is 41.0 Å². The van der Waals surface area contributed by atoms with Crippen molar-refractivity contribution >= 4 is 26.8 Å².